The van der Waals surface area contributed by atoms with Crippen molar-refractivity contribution < 1.29 is 15.0 Å². The number of benzene rings is 1. The number of phenols is 1. The molecule has 1 heterocycles. The number of phenolic OH excluding ortho intramolecular Hbond substituents is 1. The quantitative estimate of drug-likeness (QED) is 0.868. The molecule has 0 saturated carbocycles. The molecule has 2 N–H and O–H groups in total. The predicted octanol–water partition coefficient (Wildman–Crippen LogP) is 2.51. The third kappa shape index (κ3) is 3.73. The summed E-state index contributed by atoms with van der Waals surface area (Å²) in [5.41, 5.74) is 1.22. The van der Waals surface area contributed by atoms with Crippen LogP contribution in [0.25, 0.3) is 0 Å². The van der Waals surface area contributed by atoms with Crippen molar-refractivity contribution in [3.63, 3.8) is 0 Å². The van der Waals surface area contributed by atoms with Gasteiger partial charge in [-0.3, -0.25) is 4.79 Å². The van der Waals surface area contributed by atoms with Crippen molar-refractivity contribution >= 4 is 5.97 Å². The fourth-order valence-electron chi connectivity index (χ4n) is 2.95. The molecular formula is C16H23NO3. The summed E-state index contributed by atoms with van der Waals surface area (Å²) in [4.78, 5) is 13.4. The van der Waals surface area contributed by atoms with E-state index in [1.54, 1.807) is 12.1 Å². The summed E-state index contributed by atoms with van der Waals surface area (Å²) < 4.78 is 0. The third-order valence-corrected chi connectivity index (χ3v) is 4.27. The summed E-state index contributed by atoms with van der Waals surface area (Å²) in [6.07, 6.45) is 3.51. The molecule has 0 bridgehead atoms. The highest BCUT2D eigenvalue weighted by atomic mass is 16.4. The van der Waals surface area contributed by atoms with Gasteiger partial charge in [0.2, 0.25) is 0 Å². The van der Waals surface area contributed by atoms with Gasteiger partial charge in [0.15, 0.2) is 0 Å². The van der Waals surface area contributed by atoms with E-state index in [9.17, 15) is 9.90 Å². The van der Waals surface area contributed by atoms with E-state index >= 15 is 0 Å². The number of aromatic hydroxyl groups is 1. The molecule has 4 heteroatoms. The average Bonchev–Trinajstić information content (AvgIpc) is 2.47. The zero-order chi connectivity index (χ0) is 14.5. The van der Waals surface area contributed by atoms with E-state index in [4.69, 9.17) is 5.11 Å². The van der Waals surface area contributed by atoms with Crippen LogP contribution in [0.1, 0.15) is 31.7 Å². The van der Waals surface area contributed by atoms with Crippen LogP contribution in [0.3, 0.4) is 0 Å². The molecule has 0 spiro atoms. The van der Waals surface area contributed by atoms with Crippen molar-refractivity contribution in [2.45, 2.75) is 38.6 Å². The van der Waals surface area contributed by atoms with Crippen molar-refractivity contribution in [3.05, 3.63) is 29.8 Å². The first-order valence-corrected chi connectivity index (χ1v) is 7.35. The van der Waals surface area contributed by atoms with Gasteiger partial charge in [0, 0.05) is 6.04 Å². The maximum Gasteiger partial charge on any atom is 0.306 e. The molecule has 0 aliphatic carbocycles. The lowest BCUT2D eigenvalue weighted by Crippen LogP contribution is -2.43. The minimum absolute atomic E-state index is 0.169. The second-order valence-electron chi connectivity index (χ2n) is 5.58. The molecule has 2 rings (SSSR count). The number of hydrogen-bond donors (Lipinski definition) is 2. The van der Waals surface area contributed by atoms with Crippen LogP contribution in [0.4, 0.5) is 0 Å². The molecule has 1 aliphatic rings. The number of carboxylic acid groups (broad SMARTS) is 1. The molecule has 1 aliphatic heterocycles. The highest BCUT2D eigenvalue weighted by molar-refractivity contribution is 5.70. The molecule has 1 saturated heterocycles. The molecule has 0 aromatic heterocycles. The van der Waals surface area contributed by atoms with Gasteiger partial charge in [0.25, 0.3) is 0 Å². The highest BCUT2D eigenvalue weighted by Crippen LogP contribution is 2.22. The standard InChI is InChI=1S/C16H23NO3/c1-2-14(11-12-3-5-15(18)6-4-12)17-9-7-13(8-10-17)16(19)20/h3-6,13-14,18H,2,7-11H2,1H3,(H,19,20). The normalized spacial score (nSPS) is 18.9. The molecular weight excluding hydrogens is 254 g/mol. The van der Waals surface area contributed by atoms with Gasteiger partial charge in [-0.2, -0.15) is 0 Å². The molecule has 4 nitrogen and oxygen atoms in total. The highest BCUT2D eigenvalue weighted by Gasteiger charge is 2.27. The summed E-state index contributed by atoms with van der Waals surface area (Å²) in [6, 6.07) is 7.82. The molecule has 1 fully saturated rings. The minimum atomic E-state index is -0.656. The van der Waals surface area contributed by atoms with Gasteiger partial charge in [-0.15, -0.1) is 0 Å². The van der Waals surface area contributed by atoms with Gasteiger partial charge in [0.05, 0.1) is 5.92 Å². The van der Waals surface area contributed by atoms with Crippen LogP contribution in [0, 0.1) is 5.92 Å². The van der Waals surface area contributed by atoms with Crippen LogP contribution in [-0.2, 0) is 11.2 Å². The van der Waals surface area contributed by atoms with E-state index in [-0.39, 0.29) is 5.92 Å². The lowest BCUT2D eigenvalue weighted by molar-refractivity contribution is -0.143. The molecule has 20 heavy (non-hydrogen) atoms. The second-order valence-corrected chi connectivity index (χ2v) is 5.58. The maximum atomic E-state index is 11.0. The number of piperidine rings is 1. The second kappa shape index (κ2) is 6.75. The zero-order valence-electron chi connectivity index (χ0n) is 12.0. The molecule has 0 radical (unpaired) electrons. The Balaban J connectivity index is 1.92. The summed E-state index contributed by atoms with van der Waals surface area (Å²) in [7, 11) is 0. The lowest BCUT2D eigenvalue weighted by atomic mass is 9.94. The van der Waals surface area contributed by atoms with Crippen molar-refractivity contribution in [2.24, 2.45) is 5.92 Å². The van der Waals surface area contributed by atoms with Crippen molar-refractivity contribution in [2.75, 3.05) is 13.1 Å². The molecule has 1 aromatic rings. The summed E-state index contributed by atoms with van der Waals surface area (Å²) >= 11 is 0. The largest absolute Gasteiger partial charge is 0.508 e. The maximum absolute atomic E-state index is 11.0. The molecule has 0 amide bonds. The molecule has 110 valence electrons. The number of carbonyl (C=O) groups is 1. The Morgan fingerprint density at radius 3 is 2.40 bits per heavy atom. The van der Waals surface area contributed by atoms with Gasteiger partial charge in [-0.1, -0.05) is 19.1 Å². The van der Waals surface area contributed by atoms with Crippen molar-refractivity contribution in [1.29, 1.82) is 0 Å². The topological polar surface area (TPSA) is 60.8 Å². The van der Waals surface area contributed by atoms with Gasteiger partial charge in [0.1, 0.15) is 5.75 Å². The Morgan fingerprint density at radius 2 is 1.90 bits per heavy atom. The van der Waals surface area contributed by atoms with Gasteiger partial charge >= 0.3 is 5.97 Å². The first-order valence-electron chi connectivity index (χ1n) is 7.35. The fourth-order valence-corrected chi connectivity index (χ4v) is 2.95. The van der Waals surface area contributed by atoms with E-state index in [1.807, 2.05) is 12.1 Å². The first kappa shape index (κ1) is 14.9. The Kier molecular flexibility index (Phi) is 5.01. The fraction of sp³-hybridized carbons (Fsp3) is 0.562. The van der Waals surface area contributed by atoms with Crippen LogP contribution in [0.2, 0.25) is 0 Å². The summed E-state index contributed by atoms with van der Waals surface area (Å²) in [6.45, 7) is 3.91. The van der Waals surface area contributed by atoms with Crippen molar-refractivity contribution in [3.8, 4) is 5.75 Å². The number of nitrogens with zero attached hydrogens (tertiary/aromatic N) is 1. The Labute approximate surface area is 120 Å². The Morgan fingerprint density at radius 1 is 1.30 bits per heavy atom. The Bertz CT molecular complexity index is 436. The third-order valence-electron chi connectivity index (χ3n) is 4.27. The van der Waals surface area contributed by atoms with E-state index in [0.717, 1.165) is 38.8 Å². The number of aliphatic carboxylic acids is 1. The SMILES string of the molecule is CCC(Cc1ccc(O)cc1)N1CCC(C(=O)O)CC1. The number of hydrogen-bond acceptors (Lipinski definition) is 3. The monoisotopic (exact) mass is 277 g/mol. The molecule has 1 unspecified atom stereocenters. The van der Waals surface area contributed by atoms with Crippen LogP contribution >= 0.6 is 0 Å². The van der Waals surface area contributed by atoms with E-state index in [2.05, 4.69) is 11.8 Å². The number of carboxylic acids is 1. The van der Waals surface area contributed by atoms with Gasteiger partial charge in [-0.25, -0.2) is 0 Å². The van der Waals surface area contributed by atoms with E-state index < -0.39 is 5.97 Å². The van der Waals surface area contributed by atoms with Crippen LogP contribution in [0.5, 0.6) is 5.75 Å². The lowest BCUT2D eigenvalue weighted by Gasteiger charge is -2.36. The van der Waals surface area contributed by atoms with E-state index in [1.165, 1.54) is 5.56 Å². The van der Waals surface area contributed by atoms with Crippen LogP contribution in [0.15, 0.2) is 24.3 Å². The predicted molar refractivity (Wildman–Crippen MR) is 77.8 cm³/mol. The first-order chi connectivity index (χ1) is 9.60. The van der Waals surface area contributed by atoms with Gasteiger partial charge < -0.3 is 15.1 Å². The smallest absolute Gasteiger partial charge is 0.306 e. The molecule has 1 aromatic carbocycles. The average molecular weight is 277 g/mol. The molecule has 1 atom stereocenters. The Hall–Kier alpha value is -1.55. The zero-order valence-corrected chi connectivity index (χ0v) is 12.0. The number of rotatable bonds is 5. The summed E-state index contributed by atoms with van der Waals surface area (Å²) in [5.74, 6) is -0.530. The number of likely N-dealkylation sites (tertiary alicyclic amines) is 1. The summed E-state index contributed by atoms with van der Waals surface area (Å²) in [5, 5.41) is 18.4. The van der Waals surface area contributed by atoms with Crippen LogP contribution < -0.4 is 0 Å². The minimum Gasteiger partial charge on any atom is -0.508 e. The van der Waals surface area contributed by atoms with E-state index in [0.29, 0.717) is 11.8 Å². The van der Waals surface area contributed by atoms with Gasteiger partial charge in [-0.05, 0) is 56.5 Å². The van der Waals surface area contributed by atoms with Crippen molar-refractivity contribution in [1.82, 2.24) is 4.90 Å². The van der Waals surface area contributed by atoms with Crippen LogP contribution in [-0.4, -0.2) is 40.2 Å².